The first-order valence-corrected chi connectivity index (χ1v) is 7.16. The van der Waals surface area contributed by atoms with Crippen LogP contribution in [0, 0.1) is 0 Å². The summed E-state index contributed by atoms with van der Waals surface area (Å²) < 4.78 is 0. The van der Waals surface area contributed by atoms with Crippen LogP contribution in [0.3, 0.4) is 0 Å². The molecule has 2 aromatic carbocycles. The van der Waals surface area contributed by atoms with Crippen LogP contribution in [0.5, 0.6) is 0 Å². The Kier molecular flexibility index (Phi) is 3.74. The lowest BCUT2D eigenvalue weighted by Crippen LogP contribution is -2.03. The Morgan fingerprint density at radius 3 is 2.68 bits per heavy atom. The average molecular weight is 292 g/mol. The Morgan fingerprint density at radius 1 is 1.09 bits per heavy atom. The number of nitrogens with one attached hydrogen (secondary N) is 1. The van der Waals surface area contributed by atoms with Crippen molar-refractivity contribution in [2.45, 2.75) is 13.3 Å². The zero-order valence-electron chi connectivity index (χ0n) is 12.2. The van der Waals surface area contributed by atoms with E-state index in [-0.39, 0.29) is 5.56 Å². The lowest BCUT2D eigenvalue weighted by molar-refractivity contribution is 0.0698. The van der Waals surface area contributed by atoms with Crippen LogP contribution in [0.4, 0.5) is 11.4 Å². The van der Waals surface area contributed by atoms with Gasteiger partial charge in [-0.05, 0) is 30.2 Å². The van der Waals surface area contributed by atoms with Gasteiger partial charge in [-0.2, -0.15) is 0 Å². The molecule has 1 heterocycles. The average Bonchev–Trinajstić information content (AvgIpc) is 2.55. The van der Waals surface area contributed by atoms with Crippen molar-refractivity contribution in [3.63, 3.8) is 0 Å². The number of aromatic carboxylic acids is 1. The molecule has 4 nitrogen and oxygen atoms in total. The largest absolute Gasteiger partial charge is 0.478 e. The first-order valence-electron chi connectivity index (χ1n) is 7.16. The molecule has 0 saturated carbocycles. The van der Waals surface area contributed by atoms with E-state index >= 15 is 0 Å². The number of nitrogens with zero attached hydrogens (tertiary/aromatic N) is 1. The van der Waals surface area contributed by atoms with Gasteiger partial charge < -0.3 is 10.4 Å². The lowest BCUT2D eigenvalue weighted by atomic mass is 10.1. The normalized spacial score (nSPS) is 10.6. The highest BCUT2D eigenvalue weighted by Gasteiger charge is 2.11. The summed E-state index contributed by atoms with van der Waals surface area (Å²) in [5.41, 5.74) is 3.80. The first-order chi connectivity index (χ1) is 10.7. The maximum atomic E-state index is 11.3. The van der Waals surface area contributed by atoms with Gasteiger partial charge in [0.1, 0.15) is 0 Å². The van der Waals surface area contributed by atoms with E-state index in [0.717, 1.165) is 23.0 Å². The predicted octanol–water partition coefficient (Wildman–Crippen LogP) is 4.24. The third-order valence-electron chi connectivity index (χ3n) is 3.66. The third-order valence-corrected chi connectivity index (χ3v) is 3.66. The van der Waals surface area contributed by atoms with Gasteiger partial charge in [-0.1, -0.05) is 37.3 Å². The smallest absolute Gasteiger partial charge is 0.337 e. The van der Waals surface area contributed by atoms with Crippen molar-refractivity contribution in [1.29, 1.82) is 0 Å². The number of carboxylic acid groups (broad SMARTS) is 1. The molecule has 0 radical (unpaired) electrons. The Balaban J connectivity index is 2.11. The zero-order chi connectivity index (χ0) is 15.5. The minimum atomic E-state index is -0.948. The van der Waals surface area contributed by atoms with Gasteiger partial charge in [0.25, 0.3) is 0 Å². The number of carbonyl (C=O) groups is 1. The number of hydrogen-bond acceptors (Lipinski definition) is 3. The van der Waals surface area contributed by atoms with Crippen molar-refractivity contribution < 1.29 is 9.90 Å². The number of pyridine rings is 1. The summed E-state index contributed by atoms with van der Waals surface area (Å²) in [6.07, 6.45) is 2.65. The molecule has 4 heteroatoms. The van der Waals surface area contributed by atoms with E-state index in [1.807, 2.05) is 24.3 Å². The van der Waals surface area contributed by atoms with E-state index in [2.05, 4.69) is 23.3 Å². The molecule has 0 atom stereocenters. The van der Waals surface area contributed by atoms with Crippen LogP contribution in [-0.2, 0) is 6.42 Å². The summed E-state index contributed by atoms with van der Waals surface area (Å²) in [7, 11) is 0. The van der Waals surface area contributed by atoms with E-state index in [1.54, 1.807) is 24.4 Å². The van der Waals surface area contributed by atoms with Gasteiger partial charge in [-0.15, -0.1) is 0 Å². The molecule has 0 aliphatic heterocycles. The van der Waals surface area contributed by atoms with Crippen molar-refractivity contribution >= 4 is 28.2 Å². The number of aryl methyl sites for hydroxylation is 1. The SMILES string of the molecule is CCc1cccc2c(Nc3ccccc3C(=O)O)ccnc12. The number of fused-ring (bicyclic) bond motifs is 1. The number of para-hydroxylation sites is 2. The van der Waals surface area contributed by atoms with Crippen molar-refractivity contribution in [1.82, 2.24) is 4.98 Å². The number of aromatic nitrogens is 1. The summed E-state index contributed by atoms with van der Waals surface area (Å²) in [6.45, 7) is 2.09. The predicted molar refractivity (Wildman–Crippen MR) is 87.8 cm³/mol. The van der Waals surface area contributed by atoms with Crippen LogP contribution >= 0.6 is 0 Å². The minimum Gasteiger partial charge on any atom is -0.478 e. The molecule has 110 valence electrons. The van der Waals surface area contributed by atoms with E-state index in [1.165, 1.54) is 5.56 Å². The van der Waals surface area contributed by atoms with Crippen LogP contribution in [0.2, 0.25) is 0 Å². The second-order valence-electron chi connectivity index (χ2n) is 5.00. The summed E-state index contributed by atoms with van der Waals surface area (Å²) in [6, 6.07) is 14.8. The van der Waals surface area contributed by atoms with E-state index in [9.17, 15) is 9.90 Å². The highest BCUT2D eigenvalue weighted by Crippen LogP contribution is 2.28. The fourth-order valence-electron chi connectivity index (χ4n) is 2.56. The number of carboxylic acids is 1. The molecule has 0 saturated heterocycles. The molecule has 0 bridgehead atoms. The molecule has 3 aromatic rings. The Morgan fingerprint density at radius 2 is 1.91 bits per heavy atom. The van der Waals surface area contributed by atoms with Crippen molar-refractivity contribution in [2.24, 2.45) is 0 Å². The fraction of sp³-hybridized carbons (Fsp3) is 0.111. The second-order valence-corrected chi connectivity index (χ2v) is 5.00. The summed E-state index contributed by atoms with van der Waals surface area (Å²) in [5.74, 6) is -0.948. The molecule has 0 amide bonds. The van der Waals surface area contributed by atoms with E-state index in [4.69, 9.17) is 0 Å². The number of rotatable bonds is 4. The van der Waals surface area contributed by atoms with E-state index < -0.39 is 5.97 Å². The summed E-state index contributed by atoms with van der Waals surface area (Å²) in [5, 5.41) is 13.5. The quantitative estimate of drug-likeness (QED) is 0.755. The summed E-state index contributed by atoms with van der Waals surface area (Å²) in [4.78, 5) is 15.8. The van der Waals surface area contributed by atoms with Gasteiger partial charge in [0, 0.05) is 17.3 Å². The molecule has 3 rings (SSSR count). The van der Waals surface area contributed by atoms with Crippen LogP contribution in [-0.4, -0.2) is 16.1 Å². The standard InChI is InChI=1S/C18H16N2O2/c1-2-12-6-5-8-13-16(10-11-19-17(12)13)20-15-9-4-3-7-14(15)18(21)22/h3-11H,2H2,1H3,(H,19,20)(H,21,22). The number of benzene rings is 2. The molecule has 0 spiro atoms. The van der Waals surface area contributed by atoms with Crippen LogP contribution < -0.4 is 5.32 Å². The zero-order valence-corrected chi connectivity index (χ0v) is 12.2. The Hall–Kier alpha value is -2.88. The molecular formula is C18H16N2O2. The number of hydrogen-bond donors (Lipinski definition) is 2. The molecule has 0 aliphatic carbocycles. The van der Waals surface area contributed by atoms with Crippen molar-refractivity contribution in [3.05, 3.63) is 65.9 Å². The Labute approximate surface area is 128 Å². The van der Waals surface area contributed by atoms with Crippen molar-refractivity contribution in [3.8, 4) is 0 Å². The topological polar surface area (TPSA) is 62.2 Å². The minimum absolute atomic E-state index is 0.249. The Bertz CT molecular complexity index is 843. The molecular weight excluding hydrogens is 276 g/mol. The molecule has 0 unspecified atom stereocenters. The van der Waals surface area contributed by atoms with Crippen LogP contribution in [0.1, 0.15) is 22.8 Å². The fourth-order valence-corrected chi connectivity index (χ4v) is 2.56. The highest BCUT2D eigenvalue weighted by molar-refractivity contribution is 5.99. The van der Waals surface area contributed by atoms with Crippen molar-refractivity contribution in [2.75, 3.05) is 5.32 Å². The van der Waals surface area contributed by atoms with Gasteiger partial charge in [-0.3, -0.25) is 4.98 Å². The lowest BCUT2D eigenvalue weighted by Gasteiger charge is -2.13. The highest BCUT2D eigenvalue weighted by atomic mass is 16.4. The van der Waals surface area contributed by atoms with Gasteiger partial charge in [-0.25, -0.2) is 4.79 Å². The van der Waals surface area contributed by atoms with Gasteiger partial charge >= 0.3 is 5.97 Å². The maximum Gasteiger partial charge on any atom is 0.337 e. The van der Waals surface area contributed by atoms with E-state index in [0.29, 0.717) is 5.69 Å². The first kappa shape index (κ1) is 14.1. The monoisotopic (exact) mass is 292 g/mol. The molecule has 1 aromatic heterocycles. The van der Waals surface area contributed by atoms with Gasteiger partial charge in [0.05, 0.1) is 16.8 Å². The van der Waals surface area contributed by atoms with Crippen LogP contribution in [0.15, 0.2) is 54.7 Å². The summed E-state index contributed by atoms with van der Waals surface area (Å²) >= 11 is 0. The molecule has 22 heavy (non-hydrogen) atoms. The molecule has 0 fully saturated rings. The van der Waals surface area contributed by atoms with Gasteiger partial charge in [0.2, 0.25) is 0 Å². The van der Waals surface area contributed by atoms with Crippen LogP contribution in [0.25, 0.3) is 10.9 Å². The molecule has 0 aliphatic rings. The third kappa shape index (κ3) is 2.51. The van der Waals surface area contributed by atoms with Gasteiger partial charge in [0.15, 0.2) is 0 Å². The molecule has 2 N–H and O–H groups in total. The maximum absolute atomic E-state index is 11.3. The number of anilines is 2. The second kappa shape index (κ2) is 5.85.